The maximum Gasteiger partial charge on any atom is 0.311 e. The lowest BCUT2D eigenvalue weighted by Gasteiger charge is -2.49. The molecule has 1 heterocycles. The highest BCUT2D eigenvalue weighted by Crippen LogP contribution is 2.40. The normalized spacial score (nSPS) is 22.8. The summed E-state index contributed by atoms with van der Waals surface area (Å²) in [5.41, 5.74) is -1.24. The van der Waals surface area contributed by atoms with Gasteiger partial charge in [0.15, 0.2) is 0 Å². The molecular formula is C13H22NO5. The van der Waals surface area contributed by atoms with Crippen molar-refractivity contribution in [3.8, 4) is 0 Å². The van der Waals surface area contributed by atoms with Crippen molar-refractivity contribution in [3.63, 3.8) is 0 Å². The van der Waals surface area contributed by atoms with Crippen LogP contribution < -0.4 is 0 Å². The summed E-state index contributed by atoms with van der Waals surface area (Å²) in [6.07, 6.45) is 0.859. The van der Waals surface area contributed by atoms with E-state index in [1.54, 1.807) is 0 Å². The molecule has 1 fully saturated rings. The van der Waals surface area contributed by atoms with Crippen LogP contribution in [-0.4, -0.2) is 34.9 Å². The van der Waals surface area contributed by atoms with E-state index in [0.717, 1.165) is 5.06 Å². The molecule has 0 spiro atoms. The quantitative estimate of drug-likeness (QED) is 0.577. The molecule has 0 bridgehead atoms. The minimum Gasteiger partial charge on any atom is -0.428 e. The van der Waals surface area contributed by atoms with Crippen molar-refractivity contribution >= 4 is 11.9 Å². The van der Waals surface area contributed by atoms with Crippen molar-refractivity contribution in [1.82, 2.24) is 5.06 Å². The average Bonchev–Trinajstić information content (AvgIpc) is 2.24. The molecule has 0 aromatic carbocycles. The zero-order valence-electron chi connectivity index (χ0n) is 12.2. The lowest BCUT2D eigenvalue weighted by atomic mass is 9.75. The summed E-state index contributed by atoms with van der Waals surface area (Å²) in [4.78, 5) is 22.5. The molecule has 1 saturated heterocycles. The molecule has 0 atom stereocenters. The average molecular weight is 272 g/mol. The first-order valence-electron chi connectivity index (χ1n) is 6.34. The number of carbonyl (C=O) groups excluding carboxylic acids is 2. The van der Waals surface area contributed by atoms with Gasteiger partial charge in [-0.3, -0.25) is 9.59 Å². The number of hydroxylamine groups is 2. The fraction of sp³-hybridized carbons (Fsp3) is 0.846. The Bertz CT molecular complexity index is 346. The molecule has 0 saturated carbocycles. The molecular weight excluding hydrogens is 250 g/mol. The van der Waals surface area contributed by atoms with Crippen LogP contribution in [0.25, 0.3) is 0 Å². The lowest BCUT2D eigenvalue weighted by molar-refractivity contribution is -0.294. The van der Waals surface area contributed by atoms with Crippen LogP contribution in [0.2, 0.25) is 0 Å². The van der Waals surface area contributed by atoms with Gasteiger partial charge in [0.1, 0.15) is 0 Å². The van der Waals surface area contributed by atoms with Gasteiger partial charge >= 0.3 is 11.9 Å². The number of nitrogens with zero attached hydrogens (tertiary/aromatic N) is 1. The minimum atomic E-state index is -0.618. The topological polar surface area (TPSA) is 75.7 Å². The minimum absolute atomic E-state index is 0.356. The van der Waals surface area contributed by atoms with Crippen LogP contribution in [0.5, 0.6) is 0 Å². The number of carbonyl (C=O) groups is 2. The molecule has 0 aliphatic carbocycles. The number of piperidine rings is 1. The van der Waals surface area contributed by atoms with Crippen molar-refractivity contribution in [2.24, 2.45) is 5.92 Å². The van der Waals surface area contributed by atoms with E-state index < -0.39 is 23.0 Å². The number of ether oxygens (including phenoxy) is 2. The predicted molar refractivity (Wildman–Crippen MR) is 66.1 cm³/mol. The molecule has 0 aromatic rings. The molecule has 0 amide bonds. The number of hydrogen-bond donors (Lipinski definition) is 0. The van der Waals surface area contributed by atoms with E-state index in [4.69, 9.17) is 4.74 Å². The standard InChI is InChI=1S/C13H22NO5/c1-9(15)18-8-19-11(16)10-6-12(2,3)14(17)13(4,5)7-10/h10H,6-8H2,1-5H3. The van der Waals surface area contributed by atoms with Gasteiger partial charge in [-0.25, -0.2) is 0 Å². The van der Waals surface area contributed by atoms with Gasteiger partial charge < -0.3 is 9.47 Å². The molecule has 1 aliphatic heterocycles. The molecule has 1 aliphatic rings. The highest BCUT2D eigenvalue weighted by atomic mass is 16.7. The van der Waals surface area contributed by atoms with Gasteiger partial charge in [0.25, 0.3) is 0 Å². The molecule has 0 N–H and O–H groups in total. The fourth-order valence-corrected chi connectivity index (χ4v) is 2.72. The van der Waals surface area contributed by atoms with Crippen molar-refractivity contribution in [2.75, 3.05) is 6.79 Å². The number of esters is 2. The predicted octanol–water partition coefficient (Wildman–Crippen LogP) is 1.66. The lowest BCUT2D eigenvalue weighted by Crippen LogP contribution is -2.59. The van der Waals surface area contributed by atoms with Crippen molar-refractivity contribution < 1.29 is 24.3 Å². The van der Waals surface area contributed by atoms with Gasteiger partial charge in [-0.15, -0.1) is 10.3 Å². The second-order valence-electron chi connectivity index (χ2n) is 6.24. The summed E-state index contributed by atoms with van der Waals surface area (Å²) in [5, 5.41) is 13.2. The van der Waals surface area contributed by atoms with E-state index in [2.05, 4.69) is 4.74 Å². The molecule has 6 heteroatoms. The maximum atomic E-state index is 12.1. The maximum absolute atomic E-state index is 12.1. The first-order valence-corrected chi connectivity index (χ1v) is 6.34. The summed E-state index contributed by atoms with van der Waals surface area (Å²) in [6, 6.07) is 0. The van der Waals surface area contributed by atoms with Crippen molar-refractivity contribution in [2.45, 2.75) is 58.5 Å². The fourth-order valence-electron chi connectivity index (χ4n) is 2.72. The number of rotatable bonds is 3. The highest BCUT2D eigenvalue weighted by Gasteiger charge is 2.48. The van der Waals surface area contributed by atoms with Crippen molar-refractivity contribution in [1.29, 1.82) is 0 Å². The summed E-state index contributed by atoms with van der Waals surface area (Å²) >= 11 is 0. The van der Waals surface area contributed by atoms with E-state index >= 15 is 0 Å². The smallest absolute Gasteiger partial charge is 0.311 e. The second kappa shape index (κ2) is 5.46. The van der Waals surface area contributed by atoms with Gasteiger partial charge in [-0.05, 0) is 40.5 Å². The van der Waals surface area contributed by atoms with Crippen LogP contribution in [0.15, 0.2) is 0 Å². The van der Waals surface area contributed by atoms with Gasteiger partial charge in [0.05, 0.1) is 5.92 Å². The summed E-state index contributed by atoms with van der Waals surface area (Å²) in [7, 11) is 0. The van der Waals surface area contributed by atoms with Gasteiger partial charge in [0, 0.05) is 18.0 Å². The monoisotopic (exact) mass is 272 g/mol. The molecule has 19 heavy (non-hydrogen) atoms. The van der Waals surface area contributed by atoms with Gasteiger partial charge in [-0.2, -0.15) is 0 Å². The zero-order valence-corrected chi connectivity index (χ0v) is 12.2. The Morgan fingerprint density at radius 1 is 1.11 bits per heavy atom. The third kappa shape index (κ3) is 3.91. The molecule has 0 unspecified atom stereocenters. The van der Waals surface area contributed by atoms with Crippen molar-refractivity contribution in [3.05, 3.63) is 0 Å². The van der Waals surface area contributed by atoms with Crippen LogP contribution in [-0.2, 0) is 24.3 Å². The number of hydrogen-bond acceptors (Lipinski definition) is 5. The first-order chi connectivity index (χ1) is 8.56. The van der Waals surface area contributed by atoms with Crippen LogP contribution in [0, 0.1) is 5.92 Å². The van der Waals surface area contributed by atoms with Gasteiger partial charge in [0.2, 0.25) is 6.79 Å². The van der Waals surface area contributed by atoms with Crippen LogP contribution in [0.3, 0.4) is 0 Å². The Morgan fingerprint density at radius 2 is 1.58 bits per heavy atom. The first kappa shape index (κ1) is 15.9. The third-order valence-electron chi connectivity index (χ3n) is 3.39. The Hall–Kier alpha value is -1.14. The van der Waals surface area contributed by atoms with Crippen LogP contribution in [0.1, 0.15) is 47.5 Å². The Labute approximate surface area is 113 Å². The van der Waals surface area contributed by atoms with E-state index in [-0.39, 0.29) is 12.7 Å². The Morgan fingerprint density at radius 3 is 2.00 bits per heavy atom. The molecule has 0 aromatic heterocycles. The summed E-state index contributed by atoms with van der Waals surface area (Å²) in [5.74, 6) is -1.27. The van der Waals surface area contributed by atoms with Crippen LogP contribution in [0.4, 0.5) is 0 Å². The molecule has 109 valence electrons. The molecule has 6 nitrogen and oxygen atoms in total. The van der Waals surface area contributed by atoms with E-state index in [1.165, 1.54) is 6.92 Å². The third-order valence-corrected chi connectivity index (χ3v) is 3.39. The van der Waals surface area contributed by atoms with E-state index in [1.807, 2.05) is 27.7 Å². The SMILES string of the molecule is CC(=O)OCOC(=O)C1CC(C)(C)N([O])C(C)(C)C1. The largest absolute Gasteiger partial charge is 0.428 e. The summed E-state index contributed by atoms with van der Waals surface area (Å²) in [6.45, 7) is 8.13. The molecule has 1 rings (SSSR count). The van der Waals surface area contributed by atoms with Crippen LogP contribution >= 0.6 is 0 Å². The van der Waals surface area contributed by atoms with Gasteiger partial charge in [-0.1, -0.05) is 0 Å². The summed E-state index contributed by atoms with van der Waals surface area (Å²) < 4.78 is 9.49. The highest BCUT2D eigenvalue weighted by molar-refractivity contribution is 5.73. The Balaban J connectivity index is 2.64. The van der Waals surface area contributed by atoms with E-state index in [9.17, 15) is 14.8 Å². The molecule has 1 radical (unpaired) electrons. The Kier molecular flexibility index (Phi) is 4.58. The van der Waals surface area contributed by atoms with E-state index in [0.29, 0.717) is 12.8 Å². The zero-order chi connectivity index (χ0) is 14.8. The second-order valence-corrected chi connectivity index (χ2v) is 6.24.